The number of aliphatic imine (C=N–C) groups is 1. The molecule has 1 atom stereocenters. The summed E-state index contributed by atoms with van der Waals surface area (Å²) in [5.74, 6) is 0.0579. The van der Waals surface area contributed by atoms with E-state index in [2.05, 4.69) is 17.6 Å². The Kier molecular flexibility index (Phi) is 2.59. The first kappa shape index (κ1) is 6.62. The molecule has 0 spiro atoms. The second kappa shape index (κ2) is 2.74. The molecule has 0 aliphatic rings. The molecule has 0 aliphatic carbocycles. The molecule has 41 valence electrons. The van der Waals surface area contributed by atoms with Gasteiger partial charge in [0.05, 0.1) is 0 Å². The number of rotatable bonds is 1. The molecule has 3 nitrogen and oxygen atoms in total. The highest BCUT2D eigenvalue weighted by atomic mass is 32.1. The van der Waals surface area contributed by atoms with Gasteiger partial charge in [-0.25, -0.2) is 4.99 Å². The average Bonchev–Trinajstić information content (AvgIpc) is 1.27. The molecular weight excluding hydrogens is 110 g/mol. The van der Waals surface area contributed by atoms with Crippen LogP contribution in [0.2, 0.25) is 0 Å². The molecule has 0 fully saturated rings. The van der Waals surface area contributed by atoms with E-state index in [1.807, 2.05) is 0 Å². The van der Waals surface area contributed by atoms with Crippen molar-refractivity contribution >= 4 is 18.6 Å². The Bertz CT molecular complexity index is 74.2. The van der Waals surface area contributed by atoms with Gasteiger partial charge in [0.1, 0.15) is 5.37 Å². The fourth-order valence-electron chi connectivity index (χ4n) is 0.210. The average molecular weight is 118 g/mol. The van der Waals surface area contributed by atoms with Crippen molar-refractivity contribution in [2.24, 2.45) is 16.5 Å². The Morgan fingerprint density at radius 2 is 2.14 bits per heavy atom. The Hall–Kier alpha value is -0.380. The Morgan fingerprint density at radius 3 is 2.14 bits per heavy atom. The monoisotopic (exact) mass is 118 g/mol. The Labute approximate surface area is 48.2 Å². The molecule has 0 aliphatic heterocycles. The van der Waals surface area contributed by atoms with E-state index in [0.717, 1.165) is 0 Å². The molecule has 1 radical (unpaired) electrons. The molecule has 0 aromatic carbocycles. The SMILES string of the molecule is C[C@H]([S])N=C(N)N. The molecule has 7 heavy (non-hydrogen) atoms. The minimum atomic E-state index is -0.204. The summed E-state index contributed by atoms with van der Waals surface area (Å²) in [7, 11) is 0. The summed E-state index contributed by atoms with van der Waals surface area (Å²) in [5, 5.41) is -0.204. The summed E-state index contributed by atoms with van der Waals surface area (Å²) < 4.78 is 0. The van der Waals surface area contributed by atoms with Crippen LogP contribution < -0.4 is 11.5 Å². The van der Waals surface area contributed by atoms with Crippen molar-refractivity contribution in [3.63, 3.8) is 0 Å². The summed E-state index contributed by atoms with van der Waals surface area (Å²) in [4.78, 5) is 3.56. The topological polar surface area (TPSA) is 64.4 Å². The molecule has 0 bridgehead atoms. The lowest BCUT2D eigenvalue weighted by Crippen LogP contribution is -2.23. The van der Waals surface area contributed by atoms with Crippen LogP contribution in [0.25, 0.3) is 0 Å². The van der Waals surface area contributed by atoms with Gasteiger partial charge >= 0.3 is 0 Å². The zero-order valence-electron chi connectivity index (χ0n) is 4.09. The predicted molar refractivity (Wildman–Crippen MR) is 32.9 cm³/mol. The molecule has 0 saturated carbocycles. The van der Waals surface area contributed by atoms with E-state index >= 15 is 0 Å². The van der Waals surface area contributed by atoms with Crippen molar-refractivity contribution in [2.75, 3.05) is 0 Å². The van der Waals surface area contributed by atoms with Crippen molar-refractivity contribution in [3.8, 4) is 0 Å². The molecule has 0 unspecified atom stereocenters. The van der Waals surface area contributed by atoms with E-state index in [0.29, 0.717) is 0 Å². The van der Waals surface area contributed by atoms with Crippen molar-refractivity contribution in [3.05, 3.63) is 0 Å². The van der Waals surface area contributed by atoms with Gasteiger partial charge in [-0.2, -0.15) is 0 Å². The normalized spacial score (nSPS) is 12.9. The van der Waals surface area contributed by atoms with Crippen molar-refractivity contribution in [1.82, 2.24) is 0 Å². The third kappa shape index (κ3) is 5.62. The van der Waals surface area contributed by atoms with E-state index in [1.165, 1.54) is 0 Å². The van der Waals surface area contributed by atoms with Gasteiger partial charge in [0.15, 0.2) is 5.96 Å². The van der Waals surface area contributed by atoms with E-state index in [1.54, 1.807) is 6.92 Å². The summed E-state index contributed by atoms with van der Waals surface area (Å²) in [6, 6.07) is 0. The van der Waals surface area contributed by atoms with Crippen LogP contribution in [-0.2, 0) is 0 Å². The van der Waals surface area contributed by atoms with Gasteiger partial charge < -0.3 is 11.5 Å². The first-order valence-electron chi connectivity index (χ1n) is 1.87. The number of guanidine groups is 1. The predicted octanol–water partition coefficient (Wildman–Crippen LogP) is -0.197. The molecule has 0 aromatic heterocycles. The zero-order valence-corrected chi connectivity index (χ0v) is 4.90. The van der Waals surface area contributed by atoms with Crippen molar-refractivity contribution in [1.29, 1.82) is 0 Å². The maximum atomic E-state index is 4.95. The summed E-state index contributed by atoms with van der Waals surface area (Å²) in [5.41, 5.74) is 9.91. The number of nitrogens with zero attached hydrogens (tertiary/aromatic N) is 1. The molecule has 0 aromatic rings. The number of hydrogen-bond donors (Lipinski definition) is 2. The lowest BCUT2D eigenvalue weighted by Gasteiger charge is -1.91. The molecule has 0 amide bonds. The van der Waals surface area contributed by atoms with Crippen LogP contribution in [0.5, 0.6) is 0 Å². The van der Waals surface area contributed by atoms with Gasteiger partial charge in [-0.1, -0.05) is 12.6 Å². The molecular formula is C3H8N3S. The van der Waals surface area contributed by atoms with E-state index < -0.39 is 0 Å². The van der Waals surface area contributed by atoms with E-state index in [4.69, 9.17) is 11.5 Å². The van der Waals surface area contributed by atoms with Gasteiger partial charge in [0.25, 0.3) is 0 Å². The van der Waals surface area contributed by atoms with E-state index in [-0.39, 0.29) is 11.3 Å². The lowest BCUT2D eigenvalue weighted by atomic mass is 10.8. The van der Waals surface area contributed by atoms with Gasteiger partial charge in [0.2, 0.25) is 0 Å². The zero-order chi connectivity index (χ0) is 5.86. The summed E-state index contributed by atoms with van der Waals surface area (Å²) in [6.45, 7) is 1.73. The molecule has 0 saturated heterocycles. The maximum Gasteiger partial charge on any atom is 0.187 e. The Balaban J connectivity index is 3.45. The molecule has 0 rings (SSSR count). The summed E-state index contributed by atoms with van der Waals surface area (Å²) in [6.07, 6.45) is 0. The first-order valence-corrected chi connectivity index (χ1v) is 2.34. The van der Waals surface area contributed by atoms with Crippen LogP contribution >= 0.6 is 12.6 Å². The van der Waals surface area contributed by atoms with Crippen molar-refractivity contribution in [2.45, 2.75) is 12.3 Å². The standard InChI is InChI=1S/C3H8N3S/c1-2(7)6-3(4)5/h2H,1H3,(H4,4,5,6)/t2-/m0/s1. The second-order valence-electron chi connectivity index (χ2n) is 1.15. The van der Waals surface area contributed by atoms with Gasteiger partial charge in [-0.05, 0) is 6.92 Å². The minimum absolute atomic E-state index is 0.0579. The number of nitrogens with two attached hydrogens (primary N) is 2. The highest BCUT2D eigenvalue weighted by molar-refractivity contribution is 7.80. The third-order valence-electron chi connectivity index (χ3n) is 0.331. The smallest absolute Gasteiger partial charge is 0.187 e. The number of hydrogen-bond acceptors (Lipinski definition) is 1. The summed E-state index contributed by atoms with van der Waals surface area (Å²) >= 11 is 4.61. The maximum absolute atomic E-state index is 4.95. The molecule has 4 heteroatoms. The van der Waals surface area contributed by atoms with Crippen LogP contribution in [0.3, 0.4) is 0 Å². The fourth-order valence-corrected chi connectivity index (χ4v) is 0.332. The fraction of sp³-hybridized carbons (Fsp3) is 0.667. The van der Waals surface area contributed by atoms with Crippen LogP contribution in [0.1, 0.15) is 6.92 Å². The quantitative estimate of drug-likeness (QED) is 0.370. The molecule has 0 heterocycles. The van der Waals surface area contributed by atoms with Gasteiger partial charge in [-0.3, -0.25) is 0 Å². The second-order valence-corrected chi connectivity index (χ2v) is 1.84. The van der Waals surface area contributed by atoms with Crippen LogP contribution in [-0.4, -0.2) is 11.3 Å². The first-order chi connectivity index (χ1) is 3.13. The lowest BCUT2D eigenvalue weighted by molar-refractivity contribution is 1.04. The Morgan fingerprint density at radius 1 is 1.71 bits per heavy atom. The van der Waals surface area contributed by atoms with Crippen LogP contribution in [0.15, 0.2) is 4.99 Å². The van der Waals surface area contributed by atoms with Gasteiger partial charge in [0, 0.05) is 0 Å². The van der Waals surface area contributed by atoms with E-state index in [9.17, 15) is 0 Å². The van der Waals surface area contributed by atoms with Crippen LogP contribution in [0.4, 0.5) is 0 Å². The third-order valence-corrected chi connectivity index (χ3v) is 0.436. The minimum Gasteiger partial charge on any atom is -0.370 e. The van der Waals surface area contributed by atoms with Crippen LogP contribution in [0, 0.1) is 0 Å². The van der Waals surface area contributed by atoms with Gasteiger partial charge in [-0.15, -0.1) is 0 Å². The van der Waals surface area contributed by atoms with Crippen molar-refractivity contribution < 1.29 is 0 Å². The molecule has 4 N–H and O–H groups in total. The largest absolute Gasteiger partial charge is 0.370 e. The highest BCUT2D eigenvalue weighted by Crippen LogP contribution is 1.90. The highest BCUT2D eigenvalue weighted by Gasteiger charge is 1.86.